The van der Waals surface area contributed by atoms with Crippen LogP contribution in [0.15, 0.2) is 45.4 Å². The molecule has 7 heteroatoms. The van der Waals surface area contributed by atoms with Crippen LogP contribution in [0.2, 0.25) is 0 Å². The van der Waals surface area contributed by atoms with Gasteiger partial charge in [-0.05, 0) is 30.9 Å². The van der Waals surface area contributed by atoms with Crippen LogP contribution in [0.3, 0.4) is 0 Å². The van der Waals surface area contributed by atoms with E-state index in [2.05, 4.69) is 24.2 Å². The molecule has 0 bridgehead atoms. The highest BCUT2D eigenvalue weighted by Crippen LogP contribution is 2.35. The maximum absolute atomic E-state index is 13.0. The first-order chi connectivity index (χ1) is 13.6. The molecule has 0 spiro atoms. The minimum Gasteiger partial charge on any atom is -0.497 e. The molecule has 1 saturated heterocycles. The first-order valence-corrected chi connectivity index (χ1v) is 9.45. The summed E-state index contributed by atoms with van der Waals surface area (Å²) in [5.74, 6) is 1.75. The van der Waals surface area contributed by atoms with Crippen molar-refractivity contribution in [3.63, 3.8) is 0 Å². The van der Waals surface area contributed by atoms with E-state index in [0.29, 0.717) is 12.2 Å². The average molecular weight is 381 g/mol. The third-order valence-electron chi connectivity index (χ3n) is 5.07. The molecule has 1 aliphatic rings. The Morgan fingerprint density at radius 2 is 2.07 bits per heavy atom. The third kappa shape index (κ3) is 3.40. The smallest absolute Gasteiger partial charge is 0.293 e. The predicted molar refractivity (Wildman–Crippen MR) is 102 cm³/mol. The molecule has 0 radical (unpaired) electrons. The molecule has 1 aliphatic heterocycles. The van der Waals surface area contributed by atoms with E-state index in [0.717, 1.165) is 35.6 Å². The monoisotopic (exact) mass is 381 g/mol. The van der Waals surface area contributed by atoms with Gasteiger partial charge in [-0.15, -0.1) is 0 Å². The van der Waals surface area contributed by atoms with Crippen molar-refractivity contribution in [1.29, 1.82) is 0 Å². The zero-order chi connectivity index (χ0) is 19.7. The number of amides is 1. The first kappa shape index (κ1) is 18.3. The Morgan fingerprint density at radius 1 is 1.21 bits per heavy atom. The van der Waals surface area contributed by atoms with Gasteiger partial charge in [0.2, 0.25) is 5.76 Å². The van der Waals surface area contributed by atoms with Gasteiger partial charge in [-0.2, -0.15) is 0 Å². The summed E-state index contributed by atoms with van der Waals surface area (Å²) in [6.45, 7) is 4.78. The van der Waals surface area contributed by atoms with Gasteiger partial charge in [0.15, 0.2) is 5.76 Å². The number of hydrogen-bond acceptors (Lipinski definition) is 6. The highest BCUT2D eigenvalue weighted by molar-refractivity contribution is 5.93. The van der Waals surface area contributed by atoms with Gasteiger partial charge in [-0.1, -0.05) is 36.3 Å². The summed E-state index contributed by atoms with van der Waals surface area (Å²) < 4.78 is 16.1. The van der Waals surface area contributed by atoms with Crippen molar-refractivity contribution in [2.75, 3.05) is 13.7 Å². The number of hydrogen-bond donors (Lipinski definition) is 0. The van der Waals surface area contributed by atoms with E-state index in [4.69, 9.17) is 13.8 Å². The molecule has 7 nitrogen and oxygen atoms in total. The van der Waals surface area contributed by atoms with Crippen molar-refractivity contribution in [3.8, 4) is 17.0 Å². The number of rotatable bonds is 5. The Morgan fingerprint density at radius 3 is 2.82 bits per heavy atom. The fraction of sp³-hybridized carbons (Fsp3) is 0.381. The van der Waals surface area contributed by atoms with Crippen molar-refractivity contribution in [1.82, 2.24) is 15.2 Å². The SMILES string of the molecule is COc1cccc(-c2cc(C(=O)N3CCC[C@H]3c3cc(C(C)C)no3)on2)c1. The van der Waals surface area contributed by atoms with Crippen LogP contribution in [-0.2, 0) is 0 Å². The van der Waals surface area contributed by atoms with Crippen LogP contribution < -0.4 is 4.74 Å². The maximum Gasteiger partial charge on any atom is 0.293 e. The van der Waals surface area contributed by atoms with Gasteiger partial charge in [-0.3, -0.25) is 4.79 Å². The highest BCUT2D eigenvalue weighted by Gasteiger charge is 2.35. The number of aromatic nitrogens is 2. The number of nitrogens with zero attached hydrogens (tertiary/aromatic N) is 3. The summed E-state index contributed by atoms with van der Waals surface area (Å²) in [5.41, 5.74) is 2.32. The number of carbonyl (C=O) groups excluding carboxylic acids is 1. The largest absolute Gasteiger partial charge is 0.497 e. The summed E-state index contributed by atoms with van der Waals surface area (Å²) in [6.07, 6.45) is 1.75. The molecule has 3 heterocycles. The summed E-state index contributed by atoms with van der Waals surface area (Å²) in [5, 5.41) is 8.19. The molecule has 3 aromatic rings. The van der Waals surface area contributed by atoms with E-state index in [1.165, 1.54) is 0 Å². The van der Waals surface area contributed by atoms with Gasteiger partial charge in [-0.25, -0.2) is 0 Å². The van der Waals surface area contributed by atoms with Crippen LogP contribution in [0, 0.1) is 0 Å². The molecule has 2 aromatic heterocycles. The lowest BCUT2D eigenvalue weighted by Crippen LogP contribution is -2.30. The Balaban J connectivity index is 1.56. The van der Waals surface area contributed by atoms with Crippen molar-refractivity contribution in [2.24, 2.45) is 0 Å². The molecule has 0 unspecified atom stereocenters. The lowest BCUT2D eigenvalue weighted by Gasteiger charge is -2.21. The fourth-order valence-electron chi connectivity index (χ4n) is 3.47. The Labute approximate surface area is 163 Å². The number of methoxy groups -OCH3 is 1. The van der Waals surface area contributed by atoms with E-state index in [9.17, 15) is 4.79 Å². The maximum atomic E-state index is 13.0. The van der Waals surface area contributed by atoms with Gasteiger partial charge in [0.05, 0.1) is 18.8 Å². The molecule has 28 heavy (non-hydrogen) atoms. The Bertz CT molecular complexity index is 975. The van der Waals surface area contributed by atoms with E-state index in [1.54, 1.807) is 18.1 Å². The zero-order valence-corrected chi connectivity index (χ0v) is 16.2. The van der Waals surface area contributed by atoms with Crippen LogP contribution in [0.25, 0.3) is 11.3 Å². The average Bonchev–Trinajstić information content (AvgIpc) is 3.47. The molecule has 1 fully saturated rings. The van der Waals surface area contributed by atoms with Crippen LogP contribution in [0.5, 0.6) is 5.75 Å². The summed E-state index contributed by atoms with van der Waals surface area (Å²) in [7, 11) is 1.61. The minimum absolute atomic E-state index is 0.127. The Hall–Kier alpha value is -3.09. The van der Waals surface area contributed by atoms with E-state index in [1.807, 2.05) is 30.3 Å². The van der Waals surface area contributed by atoms with E-state index >= 15 is 0 Å². The molecular weight excluding hydrogens is 358 g/mol. The van der Waals surface area contributed by atoms with Crippen LogP contribution in [-0.4, -0.2) is 34.8 Å². The molecule has 4 rings (SSSR count). The van der Waals surface area contributed by atoms with Crippen LogP contribution in [0.1, 0.15) is 60.7 Å². The molecular formula is C21H23N3O4. The van der Waals surface area contributed by atoms with Gasteiger partial charge in [0.1, 0.15) is 11.4 Å². The van der Waals surface area contributed by atoms with Gasteiger partial charge >= 0.3 is 0 Å². The third-order valence-corrected chi connectivity index (χ3v) is 5.07. The normalized spacial score (nSPS) is 16.7. The van der Waals surface area contributed by atoms with Gasteiger partial charge < -0.3 is 18.7 Å². The summed E-state index contributed by atoms with van der Waals surface area (Å²) >= 11 is 0. The minimum atomic E-state index is -0.188. The second-order valence-electron chi connectivity index (χ2n) is 7.27. The number of likely N-dealkylation sites (tertiary alicyclic amines) is 1. The second-order valence-corrected chi connectivity index (χ2v) is 7.27. The van der Waals surface area contributed by atoms with Gasteiger partial charge in [0, 0.05) is 24.2 Å². The van der Waals surface area contributed by atoms with Crippen LogP contribution >= 0.6 is 0 Å². The number of benzene rings is 1. The van der Waals surface area contributed by atoms with Gasteiger partial charge in [0.25, 0.3) is 5.91 Å². The van der Waals surface area contributed by atoms with Crippen molar-refractivity contribution in [2.45, 2.75) is 38.6 Å². The standard InChI is InChI=1S/C21H23N3O4/c1-13(2)16-11-19(27-22-16)18-8-5-9-24(18)21(25)20-12-17(23-28-20)14-6-4-7-15(10-14)26-3/h4,6-7,10-13,18H,5,8-9H2,1-3H3/t18-/m0/s1. The van der Waals surface area contributed by atoms with Crippen molar-refractivity contribution < 1.29 is 18.6 Å². The highest BCUT2D eigenvalue weighted by atomic mass is 16.5. The van der Waals surface area contributed by atoms with Crippen molar-refractivity contribution >= 4 is 5.91 Å². The predicted octanol–water partition coefficient (Wildman–Crippen LogP) is 4.44. The van der Waals surface area contributed by atoms with Crippen molar-refractivity contribution in [3.05, 3.63) is 53.6 Å². The first-order valence-electron chi connectivity index (χ1n) is 9.45. The quantitative estimate of drug-likeness (QED) is 0.650. The number of ether oxygens (including phenoxy) is 1. The summed E-state index contributed by atoms with van der Waals surface area (Å²) in [4.78, 5) is 14.8. The molecule has 0 N–H and O–H groups in total. The molecule has 1 aromatic carbocycles. The van der Waals surface area contributed by atoms with E-state index in [-0.39, 0.29) is 23.6 Å². The molecule has 0 saturated carbocycles. The molecule has 146 valence electrons. The van der Waals surface area contributed by atoms with E-state index < -0.39 is 0 Å². The second kappa shape index (κ2) is 7.50. The number of carbonyl (C=O) groups is 1. The molecule has 0 aliphatic carbocycles. The molecule has 1 atom stereocenters. The summed E-state index contributed by atoms with van der Waals surface area (Å²) in [6, 6.07) is 11.0. The molecule has 1 amide bonds. The Kier molecular flexibility index (Phi) is 4.90. The van der Waals surface area contributed by atoms with Crippen LogP contribution in [0.4, 0.5) is 0 Å². The lowest BCUT2D eigenvalue weighted by molar-refractivity contribution is 0.0672. The zero-order valence-electron chi connectivity index (χ0n) is 16.2. The topological polar surface area (TPSA) is 81.6 Å². The fourth-order valence-corrected chi connectivity index (χ4v) is 3.47. The lowest BCUT2D eigenvalue weighted by atomic mass is 10.1.